The maximum Gasteiger partial charge on any atom is 0.347 e. The van der Waals surface area contributed by atoms with Crippen molar-refractivity contribution in [3.8, 4) is 11.5 Å². The van der Waals surface area contributed by atoms with E-state index in [1.54, 1.807) is 37.3 Å². The molecule has 2 aromatic carbocycles. The Morgan fingerprint density at radius 3 is 2.75 bits per heavy atom. The van der Waals surface area contributed by atoms with E-state index in [1.807, 2.05) is 0 Å². The van der Waals surface area contributed by atoms with Gasteiger partial charge in [0.15, 0.2) is 0 Å². The first-order valence-electron chi connectivity index (χ1n) is 5.91. The fourth-order valence-corrected chi connectivity index (χ4v) is 2.31. The van der Waals surface area contributed by atoms with E-state index in [1.165, 1.54) is 6.07 Å². The van der Waals surface area contributed by atoms with Crippen LogP contribution in [0.2, 0.25) is 0 Å². The van der Waals surface area contributed by atoms with Gasteiger partial charge in [-0.25, -0.2) is 14.2 Å². The highest BCUT2D eigenvalue weighted by Crippen LogP contribution is 2.23. The normalized spacial score (nSPS) is 10.9. The molecule has 100 valence electrons. The summed E-state index contributed by atoms with van der Waals surface area (Å²) in [5.41, 5.74) is 0.904. The molecule has 0 bridgehead atoms. The van der Waals surface area contributed by atoms with Gasteiger partial charge in [0, 0.05) is 4.47 Å². The van der Waals surface area contributed by atoms with E-state index >= 15 is 0 Å². The summed E-state index contributed by atoms with van der Waals surface area (Å²) < 4.78 is 19.8. The van der Waals surface area contributed by atoms with Gasteiger partial charge in [0.1, 0.15) is 5.82 Å². The summed E-state index contributed by atoms with van der Waals surface area (Å²) in [6.07, 6.45) is 0. The molecule has 0 atom stereocenters. The second-order valence-corrected chi connectivity index (χ2v) is 5.37. The Morgan fingerprint density at radius 2 is 2.00 bits per heavy atom. The molecule has 3 nitrogen and oxygen atoms in total. The van der Waals surface area contributed by atoms with Crippen molar-refractivity contribution in [2.45, 2.75) is 6.92 Å². The van der Waals surface area contributed by atoms with Crippen LogP contribution in [0.4, 0.5) is 4.39 Å². The number of aromatic nitrogens is 1. The van der Waals surface area contributed by atoms with Gasteiger partial charge in [-0.05, 0) is 42.8 Å². The Bertz CT molecular complexity index is 873. The highest BCUT2D eigenvalue weighted by molar-refractivity contribution is 9.10. The van der Waals surface area contributed by atoms with Crippen molar-refractivity contribution in [1.29, 1.82) is 0 Å². The summed E-state index contributed by atoms with van der Waals surface area (Å²) in [6, 6.07) is 9.76. The topological polar surface area (TPSA) is 43.1 Å². The molecule has 0 N–H and O–H groups in total. The molecule has 1 aromatic heterocycles. The fourth-order valence-electron chi connectivity index (χ4n) is 1.95. The summed E-state index contributed by atoms with van der Waals surface area (Å²) in [6.45, 7) is 1.79. The molecule has 0 amide bonds. The first-order chi connectivity index (χ1) is 9.54. The molecule has 3 aromatic rings. The Balaban J connectivity index is 2.27. The van der Waals surface area contributed by atoms with Gasteiger partial charge in [0.25, 0.3) is 0 Å². The predicted octanol–water partition coefficient (Wildman–Crippen LogP) is 4.07. The largest absolute Gasteiger partial charge is 0.403 e. The maximum absolute atomic E-state index is 13.9. The van der Waals surface area contributed by atoms with Crippen LogP contribution in [0.15, 0.2) is 50.1 Å². The number of hydrogen-bond donors (Lipinski definition) is 0. The number of rotatable bonds is 1. The molecule has 1 heterocycles. The molecule has 0 aliphatic rings. The monoisotopic (exact) mass is 333 g/mol. The van der Waals surface area contributed by atoms with Crippen LogP contribution in [0.5, 0.6) is 0 Å². The SMILES string of the molecule is Cc1ccc(-c2nc3ccc(Br)cc3c(=O)o2)c(F)c1. The highest BCUT2D eigenvalue weighted by Gasteiger charge is 2.12. The van der Waals surface area contributed by atoms with Gasteiger partial charge < -0.3 is 4.42 Å². The van der Waals surface area contributed by atoms with Crippen molar-refractivity contribution in [3.05, 3.63) is 62.7 Å². The Morgan fingerprint density at radius 1 is 1.20 bits per heavy atom. The molecular formula is C15H9BrFNO2. The molecule has 0 fully saturated rings. The number of hydrogen-bond acceptors (Lipinski definition) is 3. The van der Waals surface area contributed by atoms with E-state index < -0.39 is 11.4 Å². The lowest BCUT2D eigenvalue weighted by Gasteiger charge is -2.04. The molecular weight excluding hydrogens is 325 g/mol. The lowest BCUT2D eigenvalue weighted by molar-refractivity contribution is 0.511. The molecule has 0 spiro atoms. The third kappa shape index (κ3) is 2.25. The van der Waals surface area contributed by atoms with Gasteiger partial charge in [0.2, 0.25) is 5.89 Å². The van der Waals surface area contributed by atoms with Gasteiger partial charge in [-0.2, -0.15) is 0 Å². The van der Waals surface area contributed by atoms with E-state index in [0.29, 0.717) is 10.9 Å². The van der Waals surface area contributed by atoms with Gasteiger partial charge in [0.05, 0.1) is 16.5 Å². The second-order valence-electron chi connectivity index (χ2n) is 4.45. The summed E-state index contributed by atoms with van der Waals surface area (Å²) in [7, 11) is 0. The zero-order valence-electron chi connectivity index (χ0n) is 10.5. The quantitative estimate of drug-likeness (QED) is 0.674. The van der Waals surface area contributed by atoms with Crippen LogP contribution in [-0.2, 0) is 0 Å². The zero-order chi connectivity index (χ0) is 14.3. The smallest absolute Gasteiger partial charge is 0.347 e. The first kappa shape index (κ1) is 13.0. The van der Waals surface area contributed by atoms with E-state index in [-0.39, 0.29) is 11.5 Å². The van der Waals surface area contributed by atoms with Crippen LogP contribution >= 0.6 is 15.9 Å². The fraction of sp³-hybridized carbons (Fsp3) is 0.0667. The van der Waals surface area contributed by atoms with Crippen LogP contribution in [0.25, 0.3) is 22.4 Å². The average Bonchev–Trinajstić information content (AvgIpc) is 2.39. The highest BCUT2D eigenvalue weighted by atomic mass is 79.9. The van der Waals surface area contributed by atoms with Crippen molar-refractivity contribution < 1.29 is 8.81 Å². The van der Waals surface area contributed by atoms with E-state index in [2.05, 4.69) is 20.9 Å². The molecule has 3 rings (SSSR count). The molecule has 20 heavy (non-hydrogen) atoms. The summed E-state index contributed by atoms with van der Waals surface area (Å²) in [4.78, 5) is 16.2. The molecule has 0 saturated carbocycles. The summed E-state index contributed by atoms with van der Waals surface area (Å²) in [5, 5.41) is 0.357. The summed E-state index contributed by atoms with van der Waals surface area (Å²) >= 11 is 3.28. The van der Waals surface area contributed by atoms with Crippen molar-refractivity contribution in [3.63, 3.8) is 0 Å². The molecule has 0 radical (unpaired) electrons. The number of benzene rings is 2. The van der Waals surface area contributed by atoms with Gasteiger partial charge >= 0.3 is 5.63 Å². The predicted molar refractivity (Wildman–Crippen MR) is 78.1 cm³/mol. The van der Waals surface area contributed by atoms with E-state index in [0.717, 1.165) is 10.0 Å². The van der Waals surface area contributed by atoms with Crippen molar-refractivity contribution in [2.75, 3.05) is 0 Å². The maximum atomic E-state index is 13.9. The van der Waals surface area contributed by atoms with Gasteiger partial charge in [-0.15, -0.1) is 0 Å². The molecule has 0 aliphatic heterocycles. The van der Waals surface area contributed by atoms with Crippen LogP contribution < -0.4 is 5.63 Å². The van der Waals surface area contributed by atoms with Crippen LogP contribution in [0.3, 0.4) is 0 Å². The van der Waals surface area contributed by atoms with Gasteiger partial charge in [-0.3, -0.25) is 0 Å². The average molecular weight is 334 g/mol. The standard InChI is InChI=1S/C15H9BrFNO2/c1-8-2-4-10(12(17)6-8)14-18-13-5-3-9(16)7-11(13)15(19)20-14/h2-7H,1H3. The number of nitrogens with zero attached hydrogens (tertiary/aromatic N) is 1. The third-order valence-corrected chi connectivity index (χ3v) is 3.44. The second kappa shape index (κ2) is 4.83. The van der Waals surface area contributed by atoms with Gasteiger partial charge in [-0.1, -0.05) is 22.0 Å². The number of fused-ring (bicyclic) bond motifs is 1. The van der Waals surface area contributed by atoms with E-state index in [4.69, 9.17) is 4.42 Å². The Kier molecular flexibility index (Phi) is 3.14. The Hall–Kier alpha value is -2.01. The first-order valence-corrected chi connectivity index (χ1v) is 6.71. The van der Waals surface area contributed by atoms with Crippen molar-refractivity contribution >= 4 is 26.8 Å². The minimum atomic E-state index is -0.536. The zero-order valence-corrected chi connectivity index (χ0v) is 12.1. The van der Waals surface area contributed by atoms with Crippen LogP contribution in [0.1, 0.15) is 5.56 Å². The summed E-state index contributed by atoms with van der Waals surface area (Å²) in [5.74, 6) is -0.473. The molecule has 0 saturated heterocycles. The van der Waals surface area contributed by atoms with Crippen molar-refractivity contribution in [1.82, 2.24) is 4.98 Å². The third-order valence-electron chi connectivity index (χ3n) is 2.94. The van der Waals surface area contributed by atoms with Crippen LogP contribution in [0, 0.1) is 12.7 Å². The van der Waals surface area contributed by atoms with E-state index in [9.17, 15) is 9.18 Å². The molecule has 0 aliphatic carbocycles. The minimum absolute atomic E-state index is 0.0117. The number of aryl methyl sites for hydroxylation is 1. The lowest BCUT2D eigenvalue weighted by Crippen LogP contribution is -2.03. The molecule has 5 heteroatoms. The van der Waals surface area contributed by atoms with Crippen LogP contribution in [-0.4, -0.2) is 4.98 Å². The lowest BCUT2D eigenvalue weighted by atomic mass is 10.1. The minimum Gasteiger partial charge on any atom is -0.403 e. The number of halogens is 2. The Labute approximate surface area is 122 Å². The van der Waals surface area contributed by atoms with Crippen molar-refractivity contribution in [2.24, 2.45) is 0 Å². The molecule has 0 unspecified atom stereocenters.